The fourth-order valence-electron chi connectivity index (χ4n) is 2.92. The maximum atomic E-state index is 12.9. The molecule has 1 aliphatic heterocycles. The molecule has 1 fully saturated rings. The van der Waals surface area contributed by atoms with Gasteiger partial charge in [0.25, 0.3) is 0 Å². The van der Waals surface area contributed by atoms with E-state index in [4.69, 9.17) is 9.47 Å². The van der Waals surface area contributed by atoms with Gasteiger partial charge in [0, 0.05) is 12.0 Å². The van der Waals surface area contributed by atoms with Crippen LogP contribution in [0.2, 0.25) is 0 Å². The van der Waals surface area contributed by atoms with Crippen molar-refractivity contribution in [3.8, 4) is 0 Å². The van der Waals surface area contributed by atoms with Gasteiger partial charge >= 0.3 is 11.9 Å². The second-order valence-corrected chi connectivity index (χ2v) is 7.12. The number of cyclic esters (lactones) is 1. The molecule has 2 atom stereocenters. The van der Waals surface area contributed by atoms with Gasteiger partial charge < -0.3 is 9.47 Å². The predicted molar refractivity (Wildman–Crippen MR) is 97.1 cm³/mol. The Hall–Kier alpha value is -2.66. The Kier molecular flexibility index (Phi) is 5.38. The molecular weight excluding hydrogens is 330 g/mol. The minimum absolute atomic E-state index is 0.247. The zero-order chi connectivity index (χ0) is 18.6. The molecule has 0 aliphatic carbocycles. The molecule has 1 heterocycles. The van der Waals surface area contributed by atoms with Gasteiger partial charge in [-0.15, -0.1) is 0 Å². The van der Waals surface area contributed by atoms with Crippen molar-refractivity contribution in [1.29, 1.82) is 0 Å². The molecule has 0 spiro atoms. The van der Waals surface area contributed by atoms with Crippen molar-refractivity contribution in [1.82, 2.24) is 5.32 Å². The smallest absolute Gasteiger partial charge is 0.348 e. The average molecular weight is 353 g/mol. The molecule has 0 bridgehead atoms. The Morgan fingerprint density at radius 3 is 2.35 bits per heavy atom. The summed E-state index contributed by atoms with van der Waals surface area (Å²) in [7, 11) is 0. The molecule has 2 aromatic rings. The SMILES string of the molecule is CC1(C)COC(=O)[C@@H]1OC(=O)[C@@H](NCc1ccccc1)c1ccccc1. The molecule has 5 nitrogen and oxygen atoms in total. The van der Waals surface area contributed by atoms with Crippen LogP contribution in [0.15, 0.2) is 60.7 Å². The van der Waals surface area contributed by atoms with Gasteiger partial charge in [0.05, 0.1) is 0 Å². The lowest BCUT2D eigenvalue weighted by Gasteiger charge is -2.25. The number of rotatable bonds is 6. The first-order chi connectivity index (χ1) is 12.5. The third kappa shape index (κ3) is 4.11. The van der Waals surface area contributed by atoms with Gasteiger partial charge in [0.1, 0.15) is 12.6 Å². The van der Waals surface area contributed by atoms with Gasteiger partial charge in [0.15, 0.2) is 0 Å². The zero-order valence-electron chi connectivity index (χ0n) is 15.0. The van der Waals surface area contributed by atoms with E-state index in [2.05, 4.69) is 5.32 Å². The Bertz CT molecular complexity index is 758. The molecule has 1 N–H and O–H groups in total. The summed E-state index contributed by atoms with van der Waals surface area (Å²) in [6.07, 6.45) is -0.889. The molecule has 1 aliphatic rings. The maximum Gasteiger partial charge on any atom is 0.348 e. The fraction of sp³-hybridized carbons (Fsp3) is 0.333. The third-order valence-electron chi connectivity index (χ3n) is 4.47. The monoisotopic (exact) mass is 353 g/mol. The number of benzene rings is 2. The van der Waals surface area contributed by atoms with Crippen LogP contribution in [0.1, 0.15) is 31.0 Å². The number of ether oxygens (including phenoxy) is 2. The van der Waals surface area contributed by atoms with E-state index in [9.17, 15) is 9.59 Å². The van der Waals surface area contributed by atoms with E-state index in [0.717, 1.165) is 11.1 Å². The van der Waals surface area contributed by atoms with Crippen LogP contribution in [-0.4, -0.2) is 24.6 Å². The lowest BCUT2D eigenvalue weighted by molar-refractivity contribution is -0.165. The Morgan fingerprint density at radius 2 is 1.77 bits per heavy atom. The molecule has 2 aromatic carbocycles. The highest BCUT2D eigenvalue weighted by Gasteiger charge is 2.47. The van der Waals surface area contributed by atoms with Crippen LogP contribution in [0.5, 0.6) is 0 Å². The zero-order valence-corrected chi connectivity index (χ0v) is 15.0. The van der Waals surface area contributed by atoms with E-state index < -0.39 is 29.5 Å². The summed E-state index contributed by atoms with van der Waals surface area (Å²) in [6.45, 7) is 4.46. The number of nitrogens with one attached hydrogen (secondary N) is 1. The summed E-state index contributed by atoms with van der Waals surface area (Å²) >= 11 is 0. The third-order valence-corrected chi connectivity index (χ3v) is 4.47. The number of hydrogen-bond donors (Lipinski definition) is 1. The molecule has 3 rings (SSSR count). The highest BCUT2D eigenvalue weighted by Crippen LogP contribution is 2.32. The van der Waals surface area contributed by atoms with Crippen LogP contribution in [-0.2, 0) is 25.6 Å². The highest BCUT2D eigenvalue weighted by molar-refractivity contribution is 5.84. The Morgan fingerprint density at radius 1 is 1.15 bits per heavy atom. The first-order valence-corrected chi connectivity index (χ1v) is 8.67. The molecule has 26 heavy (non-hydrogen) atoms. The number of esters is 2. The Balaban J connectivity index is 1.76. The van der Waals surface area contributed by atoms with Crippen molar-refractivity contribution >= 4 is 11.9 Å². The molecule has 0 radical (unpaired) electrons. The van der Waals surface area contributed by atoms with Crippen LogP contribution < -0.4 is 5.32 Å². The van der Waals surface area contributed by atoms with Crippen molar-refractivity contribution in [3.05, 3.63) is 71.8 Å². The topological polar surface area (TPSA) is 64.6 Å². The summed E-state index contributed by atoms with van der Waals surface area (Å²) in [5.74, 6) is -0.970. The summed E-state index contributed by atoms with van der Waals surface area (Å²) < 4.78 is 10.6. The molecule has 136 valence electrons. The van der Waals surface area contributed by atoms with Crippen molar-refractivity contribution in [2.45, 2.75) is 32.5 Å². The predicted octanol–water partition coefficient (Wildman–Crippen LogP) is 3.01. The first kappa shape index (κ1) is 18.1. The van der Waals surface area contributed by atoms with Crippen molar-refractivity contribution in [3.63, 3.8) is 0 Å². The van der Waals surface area contributed by atoms with Crippen LogP contribution in [0, 0.1) is 5.41 Å². The highest BCUT2D eigenvalue weighted by atomic mass is 16.6. The van der Waals surface area contributed by atoms with Gasteiger partial charge in [-0.25, -0.2) is 9.59 Å². The van der Waals surface area contributed by atoms with Gasteiger partial charge in [0.2, 0.25) is 6.10 Å². The van der Waals surface area contributed by atoms with E-state index in [1.807, 2.05) is 74.5 Å². The van der Waals surface area contributed by atoms with Crippen molar-refractivity contribution in [2.24, 2.45) is 5.41 Å². The molecular formula is C21H23NO4. The normalized spacial score (nSPS) is 19.6. The first-order valence-electron chi connectivity index (χ1n) is 8.67. The molecule has 0 aromatic heterocycles. The molecule has 1 saturated heterocycles. The van der Waals surface area contributed by atoms with Crippen LogP contribution in [0.25, 0.3) is 0 Å². The van der Waals surface area contributed by atoms with Gasteiger partial charge in [-0.3, -0.25) is 5.32 Å². The van der Waals surface area contributed by atoms with E-state index >= 15 is 0 Å². The lowest BCUT2D eigenvalue weighted by Crippen LogP contribution is -2.39. The van der Waals surface area contributed by atoms with Crippen molar-refractivity contribution < 1.29 is 19.1 Å². The molecule has 5 heteroatoms. The van der Waals surface area contributed by atoms with Gasteiger partial charge in [-0.1, -0.05) is 74.5 Å². The standard InChI is InChI=1S/C21H23NO4/c1-21(2)14-25-20(24)18(21)26-19(23)17(16-11-7-4-8-12-16)22-13-15-9-5-3-6-10-15/h3-12,17-18,22H,13-14H2,1-2H3/t17-,18-/m0/s1. The number of carbonyl (C=O) groups is 2. The van der Waals surface area contributed by atoms with Gasteiger partial charge in [-0.2, -0.15) is 0 Å². The van der Waals surface area contributed by atoms with Gasteiger partial charge in [-0.05, 0) is 11.1 Å². The molecule has 0 unspecified atom stereocenters. The van der Waals surface area contributed by atoms with Crippen LogP contribution in [0.4, 0.5) is 0 Å². The maximum absolute atomic E-state index is 12.9. The summed E-state index contributed by atoms with van der Waals surface area (Å²) in [4.78, 5) is 24.8. The minimum Gasteiger partial charge on any atom is -0.462 e. The average Bonchev–Trinajstić information content (AvgIpc) is 2.90. The minimum atomic E-state index is -0.889. The number of carbonyl (C=O) groups excluding carboxylic acids is 2. The van der Waals surface area contributed by atoms with Crippen LogP contribution in [0.3, 0.4) is 0 Å². The van der Waals surface area contributed by atoms with E-state index in [0.29, 0.717) is 6.54 Å². The lowest BCUT2D eigenvalue weighted by atomic mass is 9.89. The fourth-order valence-corrected chi connectivity index (χ4v) is 2.92. The summed E-state index contributed by atoms with van der Waals surface area (Å²) in [5.41, 5.74) is 1.31. The molecule has 0 saturated carbocycles. The van der Waals surface area contributed by atoms with E-state index in [-0.39, 0.29) is 6.61 Å². The summed E-state index contributed by atoms with van der Waals surface area (Å²) in [5, 5.41) is 3.24. The second kappa shape index (κ2) is 7.70. The quantitative estimate of drug-likeness (QED) is 0.809. The second-order valence-electron chi connectivity index (χ2n) is 7.12. The van der Waals surface area contributed by atoms with E-state index in [1.165, 1.54) is 0 Å². The Labute approximate surface area is 153 Å². The largest absolute Gasteiger partial charge is 0.462 e. The molecule has 0 amide bonds. The van der Waals surface area contributed by atoms with E-state index in [1.54, 1.807) is 0 Å². The summed E-state index contributed by atoms with van der Waals surface area (Å²) in [6, 6.07) is 18.5. The number of hydrogen-bond acceptors (Lipinski definition) is 5. The van der Waals surface area contributed by atoms with Crippen LogP contribution >= 0.6 is 0 Å². The van der Waals surface area contributed by atoms with Crippen molar-refractivity contribution in [2.75, 3.05) is 6.61 Å².